The van der Waals surface area contributed by atoms with E-state index in [9.17, 15) is 17.6 Å². The van der Waals surface area contributed by atoms with Crippen LogP contribution in [-0.4, -0.2) is 31.0 Å². The molecule has 0 aliphatic rings. The summed E-state index contributed by atoms with van der Waals surface area (Å²) in [6.07, 6.45) is 2.37. The molecule has 0 atom stereocenters. The van der Waals surface area contributed by atoms with Gasteiger partial charge in [0.05, 0.1) is 12.6 Å². The molecule has 0 radical (unpaired) electrons. The van der Waals surface area contributed by atoms with E-state index in [0.29, 0.717) is 12.0 Å². The van der Waals surface area contributed by atoms with Crippen molar-refractivity contribution in [2.24, 2.45) is 0 Å². The predicted molar refractivity (Wildman–Crippen MR) is 80.9 cm³/mol. The van der Waals surface area contributed by atoms with E-state index in [4.69, 9.17) is 5.11 Å². The number of rotatable bonds is 7. The van der Waals surface area contributed by atoms with E-state index in [1.54, 1.807) is 24.3 Å². The molecule has 0 amide bonds. The maximum Gasteiger partial charge on any atom is 0.307 e. The number of carboxylic acid groups (broad SMARTS) is 1. The Bertz CT molecular complexity index is 791. The predicted octanol–water partition coefficient (Wildman–Crippen LogP) is 1.37. The fraction of sp³-hybridized carbons (Fsp3) is 0.200. The SMILES string of the molecule is O=C(O)Cc1ccc(CCNS(=O)(=O)c2cncc(F)c2)cc1. The van der Waals surface area contributed by atoms with Crippen molar-refractivity contribution in [3.63, 3.8) is 0 Å². The van der Waals surface area contributed by atoms with Gasteiger partial charge in [-0.1, -0.05) is 24.3 Å². The highest BCUT2D eigenvalue weighted by atomic mass is 32.2. The first-order valence-electron chi connectivity index (χ1n) is 6.76. The summed E-state index contributed by atoms with van der Waals surface area (Å²) in [6, 6.07) is 7.77. The lowest BCUT2D eigenvalue weighted by atomic mass is 10.1. The number of nitrogens with one attached hydrogen (secondary N) is 1. The minimum atomic E-state index is -3.81. The van der Waals surface area contributed by atoms with Crippen LogP contribution in [-0.2, 0) is 27.7 Å². The zero-order chi connectivity index (χ0) is 16.9. The second-order valence-corrected chi connectivity index (χ2v) is 6.64. The van der Waals surface area contributed by atoms with Crippen LogP contribution >= 0.6 is 0 Å². The van der Waals surface area contributed by atoms with Gasteiger partial charge in [-0.3, -0.25) is 9.78 Å². The van der Waals surface area contributed by atoms with E-state index < -0.39 is 21.8 Å². The average molecular weight is 338 g/mol. The van der Waals surface area contributed by atoms with Crippen LogP contribution in [0.3, 0.4) is 0 Å². The van der Waals surface area contributed by atoms with E-state index in [2.05, 4.69) is 9.71 Å². The number of aromatic nitrogens is 1. The Labute approximate surface area is 133 Å². The lowest BCUT2D eigenvalue weighted by Crippen LogP contribution is -2.26. The van der Waals surface area contributed by atoms with Crippen molar-refractivity contribution >= 4 is 16.0 Å². The number of benzene rings is 1. The van der Waals surface area contributed by atoms with Crippen molar-refractivity contribution < 1.29 is 22.7 Å². The highest BCUT2D eigenvalue weighted by molar-refractivity contribution is 7.89. The average Bonchev–Trinajstić information content (AvgIpc) is 2.48. The minimum Gasteiger partial charge on any atom is -0.481 e. The van der Waals surface area contributed by atoms with Crippen LogP contribution in [0.15, 0.2) is 47.6 Å². The van der Waals surface area contributed by atoms with Crippen LogP contribution in [0.1, 0.15) is 11.1 Å². The van der Waals surface area contributed by atoms with Gasteiger partial charge in [0.1, 0.15) is 10.7 Å². The summed E-state index contributed by atoms with van der Waals surface area (Å²) in [6.45, 7) is 0.136. The van der Waals surface area contributed by atoms with E-state index in [0.717, 1.165) is 24.0 Å². The number of hydrogen-bond acceptors (Lipinski definition) is 4. The molecule has 0 aliphatic heterocycles. The quantitative estimate of drug-likeness (QED) is 0.795. The topological polar surface area (TPSA) is 96.4 Å². The molecule has 0 fully saturated rings. The van der Waals surface area contributed by atoms with Gasteiger partial charge in [0.25, 0.3) is 0 Å². The fourth-order valence-electron chi connectivity index (χ4n) is 1.95. The molecule has 0 aliphatic carbocycles. The second kappa shape index (κ2) is 7.30. The Morgan fingerprint density at radius 2 is 1.83 bits per heavy atom. The molecule has 0 unspecified atom stereocenters. The highest BCUT2D eigenvalue weighted by Gasteiger charge is 2.14. The third-order valence-electron chi connectivity index (χ3n) is 3.07. The van der Waals surface area contributed by atoms with Crippen LogP contribution in [0, 0.1) is 5.82 Å². The summed E-state index contributed by atoms with van der Waals surface area (Å²) < 4.78 is 39.3. The Balaban J connectivity index is 1.92. The number of aliphatic carboxylic acids is 1. The van der Waals surface area contributed by atoms with Gasteiger partial charge in [-0.2, -0.15) is 0 Å². The molecule has 0 saturated heterocycles. The monoisotopic (exact) mass is 338 g/mol. The summed E-state index contributed by atoms with van der Waals surface area (Å²) in [5.74, 6) is -1.63. The van der Waals surface area contributed by atoms with E-state index in [1.165, 1.54) is 0 Å². The first-order chi connectivity index (χ1) is 10.9. The van der Waals surface area contributed by atoms with Gasteiger partial charge in [-0.05, 0) is 23.6 Å². The summed E-state index contributed by atoms with van der Waals surface area (Å²) in [4.78, 5) is 13.9. The molecule has 0 saturated carbocycles. The molecule has 1 aromatic carbocycles. The van der Waals surface area contributed by atoms with Crippen LogP contribution in [0.4, 0.5) is 4.39 Å². The largest absolute Gasteiger partial charge is 0.481 e. The zero-order valence-electron chi connectivity index (χ0n) is 12.1. The molecule has 6 nitrogen and oxygen atoms in total. The molecule has 0 spiro atoms. The second-order valence-electron chi connectivity index (χ2n) is 4.87. The number of carbonyl (C=O) groups is 1. The van der Waals surface area contributed by atoms with E-state index >= 15 is 0 Å². The van der Waals surface area contributed by atoms with Crippen molar-refractivity contribution in [1.29, 1.82) is 0 Å². The zero-order valence-corrected chi connectivity index (χ0v) is 12.9. The van der Waals surface area contributed by atoms with Gasteiger partial charge in [0, 0.05) is 12.7 Å². The normalized spacial score (nSPS) is 11.3. The van der Waals surface area contributed by atoms with Crippen LogP contribution < -0.4 is 4.72 Å². The number of halogens is 1. The molecule has 122 valence electrons. The van der Waals surface area contributed by atoms with Crippen molar-refractivity contribution in [3.05, 3.63) is 59.7 Å². The molecule has 1 heterocycles. The van der Waals surface area contributed by atoms with Crippen molar-refractivity contribution in [2.45, 2.75) is 17.7 Å². The molecule has 8 heteroatoms. The van der Waals surface area contributed by atoms with Crippen molar-refractivity contribution in [3.8, 4) is 0 Å². The molecule has 2 rings (SSSR count). The maximum absolute atomic E-state index is 13.0. The molecule has 2 aromatic rings. The van der Waals surface area contributed by atoms with Gasteiger partial charge < -0.3 is 5.11 Å². The van der Waals surface area contributed by atoms with E-state index in [1.807, 2.05) is 0 Å². The molecular formula is C15H15FN2O4S. The van der Waals surface area contributed by atoms with Crippen molar-refractivity contribution in [1.82, 2.24) is 9.71 Å². The van der Waals surface area contributed by atoms with Gasteiger partial charge in [0.2, 0.25) is 10.0 Å². The molecular weight excluding hydrogens is 323 g/mol. The summed E-state index contributed by atoms with van der Waals surface area (Å²) in [7, 11) is -3.81. The van der Waals surface area contributed by atoms with Gasteiger partial charge >= 0.3 is 5.97 Å². The van der Waals surface area contributed by atoms with Crippen LogP contribution in [0.25, 0.3) is 0 Å². The smallest absolute Gasteiger partial charge is 0.307 e. The fourth-order valence-corrected chi connectivity index (χ4v) is 2.96. The Morgan fingerprint density at radius 3 is 2.43 bits per heavy atom. The first kappa shape index (κ1) is 17.0. The Hall–Kier alpha value is -2.32. The summed E-state index contributed by atoms with van der Waals surface area (Å²) >= 11 is 0. The number of nitrogens with zero attached hydrogens (tertiary/aromatic N) is 1. The number of carboxylic acids is 1. The first-order valence-corrected chi connectivity index (χ1v) is 8.25. The van der Waals surface area contributed by atoms with Crippen LogP contribution in [0.5, 0.6) is 0 Å². The lowest BCUT2D eigenvalue weighted by Gasteiger charge is -2.07. The Morgan fingerprint density at radius 1 is 1.17 bits per heavy atom. The van der Waals surface area contributed by atoms with Gasteiger partial charge in [-0.15, -0.1) is 0 Å². The molecule has 1 aromatic heterocycles. The third kappa shape index (κ3) is 5.11. The van der Waals surface area contributed by atoms with Gasteiger partial charge in [0.15, 0.2) is 0 Å². The highest BCUT2D eigenvalue weighted by Crippen LogP contribution is 2.09. The number of sulfonamides is 1. The van der Waals surface area contributed by atoms with Crippen molar-refractivity contribution in [2.75, 3.05) is 6.54 Å². The van der Waals surface area contributed by atoms with Gasteiger partial charge in [-0.25, -0.2) is 17.5 Å². The summed E-state index contributed by atoms with van der Waals surface area (Å²) in [5.41, 5.74) is 1.53. The summed E-state index contributed by atoms with van der Waals surface area (Å²) in [5, 5.41) is 8.69. The number of pyridine rings is 1. The van der Waals surface area contributed by atoms with E-state index in [-0.39, 0.29) is 17.9 Å². The lowest BCUT2D eigenvalue weighted by molar-refractivity contribution is -0.136. The molecule has 0 bridgehead atoms. The maximum atomic E-state index is 13.0. The molecule has 2 N–H and O–H groups in total. The number of hydrogen-bond donors (Lipinski definition) is 2. The standard InChI is InChI=1S/C15H15FN2O4S/c16-13-8-14(10-17-9-13)23(21,22)18-6-5-11-1-3-12(4-2-11)7-15(19)20/h1-4,8-10,18H,5-7H2,(H,19,20). The molecule has 23 heavy (non-hydrogen) atoms. The Kier molecular flexibility index (Phi) is 5.41. The minimum absolute atomic E-state index is 0.0561. The third-order valence-corrected chi connectivity index (χ3v) is 4.50. The van der Waals surface area contributed by atoms with Crippen LogP contribution in [0.2, 0.25) is 0 Å².